The zero-order chi connectivity index (χ0) is 54.4. The van der Waals surface area contributed by atoms with Gasteiger partial charge >= 0.3 is 17.6 Å². The van der Waals surface area contributed by atoms with E-state index in [4.69, 9.17) is 0 Å². The number of aliphatic carboxylic acids is 2. The molecule has 9 N–H and O–H groups in total. The van der Waals surface area contributed by atoms with Crippen molar-refractivity contribution in [1.82, 2.24) is 9.55 Å². The van der Waals surface area contributed by atoms with Crippen LogP contribution in [0.25, 0.3) is 12.2 Å². The lowest BCUT2D eigenvalue weighted by atomic mass is 9.98. The third kappa shape index (κ3) is 12.9. The molecule has 7 rings (SSSR count). The minimum Gasteiger partial charge on any atom is -0.505 e. The maximum absolute atomic E-state index is 13.3. The van der Waals surface area contributed by atoms with Gasteiger partial charge in [0.2, 0.25) is 5.78 Å². The van der Waals surface area contributed by atoms with E-state index in [9.17, 15) is 79.9 Å². The van der Waals surface area contributed by atoms with E-state index in [1.54, 1.807) is 0 Å². The second-order valence-electron chi connectivity index (χ2n) is 16.6. The number of nitrogens with zero attached hydrogens (tertiary/aromatic N) is 3. The molecule has 0 radical (unpaired) electrons. The number of H-pyrrole nitrogens is 1. The summed E-state index contributed by atoms with van der Waals surface area (Å²) in [6.07, 6.45) is 11.3. The minimum absolute atomic E-state index is 0.138. The number of rotatable bonds is 15. The van der Waals surface area contributed by atoms with E-state index < -0.39 is 98.9 Å². The molecule has 384 valence electrons. The van der Waals surface area contributed by atoms with E-state index >= 15 is 0 Å². The fourth-order valence-corrected chi connectivity index (χ4v) is 9.22. The number of hydrazone groups is 2. The number of anilines is 2. The molecule has 3 aliphatic carbocycles. The summed E-state index contributed by atoms with van der Waals surface area (Å²) in [4.78, 5) is 85.1. The van der Waals surface area contributed by atoms with Crippen LogP contribution >= 0.6 is 0 Å². The number of benzene rings is 3. The SMILES string of the molecule is CCc1c(C(=O)c2cc(C)cc(C)c2)n(CC2CC=CC2)c(=O)[nH]c1=O.O=C1C=C(O)/C(=N\Nc2ccc(/C=C/c3ccc(N/N=C4/C(O)=CC(=O)C=C4C(=O)O)cc3S(=O)(=O)O)c(S(=O)(=O)O)c2)C(C(=O)O)=C1. The molecule has 1 aromatic heterocycles. The number of hydrogen-bond donors (Lipinski definition) is 9. The van der Waals surface area contributed by atoms with Gasteiger partial charge in [0.1, 0.15) is 38.4 Å². The average molecular weight is 1050 g/mol. The number of carbonyl (C=O) groups is 5. The summed E-state index contributed by atoms with van der Waals surface area (Å²) in [6, 6.07) is 12.1. The number of allylic oxidation sites excluding steroid dienone is 8. The number of carboxylic acid groups (broad SMARTS) is 2. The van der Waals surface area contributed by atoms with Gasteiger partial charge < -0.3 is 20.4 Å². The van der Waals surface area contributed by atoms with Crippen molar-refractivity contribution in [2.24, 2.45) is 16.1 Å². The number of aliphatic hydroxyl groups is 2. The molecule has 3 aliphatic rings. The Morgan fingerprint density at radius 3 is 1.55 bits per heavy atom. The average Bonchev–Trinajstić information content (AvgIpc) is 3.83. The van der Waals surface area contributed by atoms with Crippen molar-refractivity contribution in [3.63, 3.8) is 0 Å². The number of aryl methyl sites for hydroxylation is 2. The van der Waals surface area contributed by atoms with Gasteiger partial charge in [-0.05, 0) is 86.6 Å². The quantitative estimate of drug-likeness (QED) is 0.0191. The van der Waals surface area contributed by atoms with Gasteiger partial charge in [0.15, 0.2) is 11.6 Å². The van der Waals surface area contributed by atoms with E-state index in [1.165, 1.54) is 16.7 Å². The standard InChI is InChI=1S/C28H20N4O14S2.C21H24N2O3/c33-17-9-19(27(37)38)25(21(35)11-17)31-29-15-5-3-13(23(7-15)47(41,42)43)1-2-14-4-6-16(8-24(14)48(44,45)46)30-32-26-20(28(39)40)10-18(34)12-22(26)36;1-4-17-18(19(24)16-10-13(2)9-14(3)11-16)23(21(26)22-20(17)25)12-15-7-5-6-8-15/h1-12,29-30,35-36H,(H,37,38)(H,39,40)(H,41,42,43)(H,44,45,46);5-6,9-11,15H,4,7-8,12H2,1-3H3,(H,22,25,26)/b2-1+,31-25-,32-26+;. The van der Waals surface area contributed by atoms with Crippen LogP contribution in [0.1, 0.15) is 63.6 Å². The lowest BCUT2D eigenvalue weighted by Crippen LogP contribution is -2.38. The van der Waals surface area contributed by atoms with Crippen LogP contribution in [0.15, 0.2) is 143 Å². The molecule has 23 nitrogen and oxygen atoms in total. The Bertz CT molecular complexity index is 3500. The maximum Gasteiger partial charge on any atom is 0.338 e. The van der Waals surface area contributed by atoms with E-state index in [2.05, 4.69) is 38.2 Å². The second-order valence-corrected chi connectivity index (χ2v) is 19.4. The number of ketones is 3. The second kappa shape index (κ2) is 22.2. The van der Waals surface area contributed by atoms with Crippen LogP contribution in [0.4, 0.5) is 11.4 Å². The fourth-order valence-electron chi connectivity index (χ4n) is 7.80. The minimum atomic E-state index is -4.96. The Morgan fingerprint density at radius 2 is 1.15 bits per heavy atom. The first kappa shape index (κ1) is 54.4. The van der Waals surface area contributed by atoms with Crippen molar-refractivity contribution < 1.29 is 70.3 Å². The normalized spacial score (nSPS) is 16.1. The zero-order valence-electron chi connectivity index (χ0n) is 39.1. The first-order valence-corrected chi connectivity index (χ1v) is 24.7. The van der Waals surface area contributed by atoms with Gasteiger partial charge in [0.25, 0.3) is 25.8 Å². The number of hydrogen-bond acceptors (Lipinski definition) is 17. The van der Waals surface area contributed by atoms with Crippen molar-refractivity contribution in [3.8, 4) is 0 Å². The molecule has 74 heavy (non-hydrogen) atoms. The molecule has 3 aromatic carbocycles. The first-order chi connectivity index (χ1) is 34.7. The molecule has 0 fully saturated rings. The molecular formula is C49H44N6O17S2. The lowest BCUT2D eigenvalue weighted by Gasteiger charge is -2.18. The monoisotopic (exact) mass is 1050 g/mol. The van der Waals surface area contributed by atoms with E-state index in [0.29, 0.717) is 48.4 Å². The zero-order valence-corrected chi connectivity index (χ0v) is 40.7. The number of aromatic amines is 1. The van der Waals surface area contributed by atoms with Crippen molar-refractivity contribution in [3.05, 3.63) is 174 Å². The summed E-state index contributed by atoms with van der Waals surface area (Å²) in [5.74, 6) is -6.36. The van der Waals surface area contributed by atoms with E-state index in [-0.39, 0.29) is 39.9 Å². The number of aromatic nitrogens is 2. The predicted molar refractivity (Wildman–Crippen MR) is 268 cm³/mol. The number of aliphatic hydroxyl groups excluding tert-OH is 2. The fraction of sp³-hybridized carbons (Fsp3) is 0.163. The van der Waals surface area contributed by atoms with Gasteiger partial charge in [-0.3, -0.25) is 48.7 Å². The predicted octanol–water partition coefficient (Wildman–Crippen LogP) is 4.87. The molecule has 0 atom stereocenters. The smallest absolute Gasteiger partial charge is 0.338 e. The summed E-state index contributed by atoms with van der Waals surface area (Å²) < 4.78 is 69.8. The summed E-state index contributed by atoms with van der Waals surface area (Å²) in [7, 11) is -9.93. The van der Waals surface area contributed by atoms with Gasteiger partial charge in [-0.1, -0.05) is 60.6 Å². The molecule has 0 saturated carbocycles. The number of carboxylic acids is 2. The van der Waals surface area contributed by atoms with E-state index in [0.717, 1.165) is 60.4 Å². The highest BCUT2D eigenvalue weighted by atomic mass is 32.2. The third-order valence-electron chi connectivity index (χ3n) is 11.1. The molecular weight excluding hydrogens is 1010 g/mol. The number of nitrogens with one attached hydrogen (secondary N) is 3. The first-order valence-electron chi connectivity index (χ1n) is 21.8. The van der Waals surface area contributed by atoms with Crippen LogP contribution in [0.3, 0.4) is 0 Å². The van der Waals surface area contributed by atoms with Crippen LogP contribution in [-0.4, -0.2) is 96.6 Å². The van der Waals surface area contributed by atoms with Crippen LogP contribution < -0.4 is 22.1 Å². The highest BCUT2D eigenvalue weighted by molar-refractivity contribution is 7.86. The Kier molecular flexibility index (Phi) is 16.4. The number of carbonyl (C=O) groups excluding carboxylic acids is 3. The highest BCUT2D eigenvalue weighted by Gasteiger charge is 2.28. The van der Waals surface area contributed by atoms with Crippen LogP contribution in [-0.2, 0) is 52.4 Å². The maximum atomic E-state index is 13.3. The molecule has 1 heterocycles. The molecule has 25 heteroatoms. The third-order valence-corrected chi connectivity index (χ3v) is 12.9. The van der Waals surface area contributed by atoms with Gasteiger partial charge in [-0.2, -0.15) is 27.0 Å². The van der Waals surface area contributed by atoms with Gasteiger partial charge in [-0.15, -0.1) is 0 Å². The molecule has 0 saturated heterocycles. The van der Waals surface area contributed by atoms with Crippen LogP contribution in [0.2, 0.25) is 0 Å². The molecule has 0 spiro atoms. The molecule has 0 bridgehead atoms. The van der Waals surface area contributed by atoms with E-state index in [1.807, 2.05) is 39.0 Å². The van der Waals surface area contributed by atoms with Crippen molar-refractivity contribution in [2.45, 2.75) is 56.4 Å². The highest BCUT2D eigenvalue weighted by Crippen LogP contribution is 2.28. The Morgan fingerprint density at radius 1 is 0.703 bits per heavy atom. The molecule has 0 amide bonds. The Balaban J connectivity index is 0.000000287. The van der Waals surface area contributed by atoms with Gasteiger partial charge in [-0.25, -0.2) is 14.4 Å². The van der Waals surface area contributed by atoms with Crippen molar-refractivity contribution in [2.75, 3.05) is 10.9 Å². The Hall–Kier alpha value is -8.91. The van der Waals surface area contributed by atoms with Crippen molar-refractivity contribution in [1.29, 1.82) is 0 Å². The van der Waals surface area contributed by atoms with Crippen LogP contribution in [0, 0.1) is 19.8 Å². The van der Waals surface area contributed by atoms with Crippen molar-refractivity contribution >= 4 is 84.5 Å². The Labute approximate surface area is 419 Å². The topological polar surface area (TPSA) is 379 Å². The van der Waals surface area contributed by atoms with Crippen LogP contribution in [0.5, 0.6) is 0 Å². The summed E-state index contributed by atoms with van der Waals surface area (Å²) >= 11 is 0. The van der Waals surface area contributed by atoms with Gasteiger partial charge in [0.05, 0.1) is 22.5 Å². The molecule has 4 aromatic rings. The largest absolute Gasteiger partial charge is 0.505 e. The molecule has 0 unspecified atom stereocenters. The summed E-state index contributed by atoms with van der Waals surface area (Å²) in [6.45, 7) is 6.12. The summed E-state index contributed by atoms with van der Waals surface area (Å²) in [5.41, 5.74) is 3.62. The molecule has 0 aliphatic heterocycles. The van der Waals surface area contributed by atoms with Gasteiger partial charge in [0, 0.05) is 42.0 Å². The lowest BCUT2D eigenvalue weighted by molar-refractivity contribution is -0.133. The summed E-state index contributed by atoms with van der Waals surface area (Å²) in [5, 5.41) is 46.0.